The van der Waals surface area contributed by atoms with Gasteiger partial charge < -0.3 is 9.47 Å². The van der Waals surface area contributed by atoms with Crippen molar-refractivity contribution in [2.24, 2.45) is 11.8 Å². The Balaban J connectivity index is 1.58. The van der Waals surface area contributed by atoms with E-state index < -0.39 is 18.0 Å². The first-order valence-electron chi connectivity index (χ1n) is 9.70. The van der Waals surface area contributed by atoms with Gasteiger partial charge in [-0.25, -0.2) is 0 Å². The van der Waals surface area contributed by atoms with E-state index in [1.54, 1.807) is 24.3 Å². The third-order valence-electron chi connectivity index (χ3n) is 5.20. The number of hydrogen-bond acceptors (Lipinski definition) is 4. The molecule has 1 heterocycles. The van der Waals surface area contributed by atoms with E-state index in [0.717, 1.165) is 11.1 Å². The molecule has 3 aromatic rings. The second-order valence-corrected chi connectivity index (χ2v) is 7.14. The SMILES string of the molecule is O=C1O[C@H](c2ccccc2)[C@@H](COCc2ccccc2)C1C(=O)c1ccccc1. The molecule has 0 bridgehead atoms. The molecule has 0 saturated carbocycles. The van der Waals surface area contributed by atoms with Crippen molar-refractivity contribution in [3.8, 4) is 0 Å². The summed E-state index contributed by atoms with van der Waals surface area (Å²) in [5, 5.41) is 0. The number of cyclic esters (lactones) is 1. The lowest BCUT2D eigenvalue weighted by atomic mass is 9.83. The largest absolute Gasteiger partial charge is 0.456 e. The molecule has 146 valence electrons. The molecule has 3 aromatic carbocycles. The summed E-state index contributed by atoms with van der Waals surface area (Å²) in [7, 11) is 0. The highest BCUT2D eigenvalue weighted by atomic mass is 16.6. The Morgan fingerprint density at radius 1 is 0.828 bits per heavy atom. The standard InChI is InChI=1S/C25H22O4/c26-23(19-12-6-2-7-13-19)22-21(17-28-16-18-10-4-1-5-11-18)24(29-25(22)27)20-14-8-3-9-15-20/h1-15,21-22,24H,16-17H2/t21-,22?,24+/m0/s1. The topological polar surface area (TPSA) is 52.6 Å². The van der Waals surface area contributed by atoms with E-state index in [9.17, 15) is 9.59 Å². The van der Waals surface area contributed by atoms with Gasteiger partial charge in [0.1, 0.15) is 12.0 Å². The highest BCUT2D eigenvalue weighted by Gasteiger charge is 2.49. The highest BCUT2D eigenvalue weighted by molar-refractivity contribution is 6.09. The fraction of sp³-hybridized carbons (Fsp3) is 0.200. The van der Waals surface area contributed by atoms with Crippen molar-refractivity contribution in [2.45, 2.75) is 12.7 Å². The summed E-state index contributed by atoms with van der Waals surface area (Å²) >= 11 is 0. The van der Waals surface area contributed by atoms with Gasteiger partial charge in [-0.1, -0.05) is 91.0 Å². The van der Waals surface area contributed by atoms with Gasteiger partial charge in [-0.3, -0.25) is 9.59 Å². The van der Waals surface area contributed by atoms with Gasteiger partial charge in [0.25, 0.3) is 0 Å². The van der Waals surface area contributed by atoms with Crippen molar-refractivity contribution in [1.82, 2.24) is 0 Å². The van der Waals surface area contributed by atoms with Crippen LogP contribution in [0.15, 0.2) is 91.0 Å². The quantitative estimate of drug-likeness (QED) is 0.338. The zero-order valence-electron chi connectivity index (χ0n) is 15.9. The maximum Gasteiger partial charge on any atom is 0.318 e. The molecule has 0 aliphatic carbocycles. The Morgan fingerprint density at radius 3 is 2.07 bits per heavy atom. The summed E-state index contributed by atoms with van der Waals surface area (Å²) in [6.45, 7) is 0.669. The number of carbonyl (C=O) groups excluding carboxylic acids is 2. The predicted molar refractivity (Wildman–Crippen MR) is 109 cm³/mol. The Kier molecular flexibility index (Phi) is 5.82. The number of ketones is 1. The summed E-state index contributed by atoms with van der Waals surface area (Å²) in [6, 6.07) is 28.3. The average Bonchev–Trinajstić information content (AvgIpc) is 3.11. The van der Waals surface area contributed by atoms with Gasteiger partial charge in [-0.2, -0.15) is 0 Å². The van der Waals surface area contributed by atoms with Crippen LogP contribution in [-0.4, -0.2) is 18.4 Å². The van der Waals surface area contributed by atoms with Crippen molar-refractivity contribution in [3.63, 3.8) is 0 Å². The maximum atomic E-state index is 13.1. The molecular formula is C25H22O4. The minimum Gasteiger partial charge on any atom is -0.456 e. The zero-order valence-corrected chi connectivity index (χ0v) is 15.9. The molecule has 0 radical (unpaired) electrons. The number of esters is 1. The molecule has 1 unspecified atom stereocenters. The summed E-state index contributed by atoms with van der Waals surface area (Å²) < 4.78 is 11.6. The van der Waals surface area contributed by atoms with E-state index in [-0.39, 0.29) is 18.3 Å². The van der Waals surface area contributed by atoms with E-state index >= 15 is 0 Å². The van der Waals surface area contributed by atoms with Gasteiger partial charge in [0.2, 0.25) is 0 Å². The van der Waals surface area contributed by atoms with Crippen LogP contribution in [0.5, 0.6) is 0 Å². The van der Waals surface area contributed by atoms with Crippen LogP contribution in [0.2, 0.25) is 0 Å². The number of benzene rings is 3. The van der Waals surface area contributed by atoms with Crippen molar-refractivity contribution >= 4 is 11.8 Å². The summed E-state index contributed by atoms with van der Waals surface area (Å²) in [5.74, 6) is -1.97. The van der Waals surface area contributed by atoms with Crippen LogP contribution < -0.4 is 0 Å². The molecular weight excluding hydrogens is 364 g/mol. The van der Waals surface area contributed by atoms with E-state index in [1.165, 1.54) is 0 Å². The molecule has 4 nitrogen and oxygen atoms in total. The van der Waals surface area contributed by atoms with Crippen molar-refractivity contribution < 1.29 is 19.1 Å². The van der Waals surface area contributed by atoms with Crippen LogP contribution in [0, 0.1) is 11.8 Å². The van der Waals surface area contributed by atoms with Gasteiger partial charge in [0.15, 0.2) is 5.78 Å². The average molecular weight is 386 g/mol. The Bertz CT molecular complexity index is 954. The van der Waals surface area contributed by atoms with Crippen LogP contribution in [0.1, 0.15) is 27.6 Å². The first-order chi connectivity index (χ1) is 14.2. The van der Waals surface area contributed by atoms with E-state index in [0.29, 0.717) is 12.2 Å². The first-order valence-corrected chi connectivity index (χ1v) is 9.70. The lowest BCUT2D eigenvalue weighted by Gasteiger charge is -2.21. The van der Waals surface area contributed by atoms with Gasteiger partial charge in [0, 0.05) is 11.5 Å². The second kappa shape index (κ2) is 8.84. The first kappa shape index (κ1) is 19.1. The normalized spacial score (nSPS) is 21.0. The number of carbonyl (C=O) groups is 2. The maximum absolute atomic E-state index is 13.1. The summed E-state index contributed by atoms with van der Waals surface area (Å²) in [6.07, 6.45) is -0.503. The van der Waals surface area contributed by atoms with Crippen molar-refractivity contribution in [3.05, 3.63) is 108 Å². The Morgan fingerprint density at radius 2 is 1.41 bits per heavy atom. The number of Topliss-reactive ketones (excluding diaryl/α,β-unsaturated/α-hetero) is 1. The number of rotatable bonds is 7. The molecule has 1 saturated heterocycles. The molecule has 0 amide bonds. The van der Waals surface area contributed by atoms with Crippen LogP contribution in [0.3, 0.4) is 0 Å². The van der Waals surface area contributed by atoms with Crippen LogP contribution in [0.25, 0.3) is 0 Å². The summed E-state index contributed by atoms with van der Waals surface area (Å²) in [4.78, 5) is 25.8. The minimum absolute atomic E-state index is 0.220. The second-order valence-electron chi connectivity index (χ2n) is 7.14. The van der Waals surface area contributed by atoms with E-state index in [2.05, 4.69) is 0 Å². The molecule has 1 aliphatic rings. The van der Waals surface area contributed by atoms with Crippen LogP contribution in [0.4, 0.5) is 0 Å². The Hall–Kier alpha value is -3.24. The van der Waals surface area contributed by atoms with Crippen molar-refractivity contribution in [1.29, 1.82) is 0 Å². The smallest absolute Gasteiger partial charge is 0.318 e. The summed E-state index contributed by atoms with van der Waals surface area (Å²) in [5.41, 5.74) is 2.42. The van der Waals surface area contributed by atoms with Gasteiger partial charge >= 0.3 is 5.97 Å². The van der Waals surface area contributed by atoms with Gasteiger partial charge in [-0.05, 0) is 11.1 Å². The monoisotopic (exact) mass is 386 g/mol. The van der Waals surface area contributed by atoms with E-state index in [1.807, 2.05) is 66.7 Å². The molecule has 0 aromatic heterocycles. The number of hydrogen-bond donors (Lipinski definition) is 0. The molecule has 3 atom stereocenters. The Labute approximate surface area is 170 Å². The van der Waals surface area contributed by atoms with E-state index in [4.69, 9.17) is 9.47 Å². The van der Waals surface area contributed by atoms with Gasteiger partial charge in [0.05, 0.1) is 13.2 Å². The molecule has 0 spiro atoms. The number of ether oxygens (including phenoxy) is 2. The van der Waals surface area contributed by atoms with Crippen LogP contribution >= 0.6 is 0 Å². The molecule has 1 fully saturated rings. The lowest BCUT2D eigenvalue weighted by molar-refractivity contribution is -0.143. The molecule has 4 heteroatoms. The predicted octanol–water partition coefficient (Wildman–Crippen LogP) is 4.62. The zero-order chi connectivity index (χ0) is 20.1. The highest BCUT2D eigenvalue weighted by Crippen LogP contribution is 2.41. The third-order valence-corrected chi connectivity index (χ3v) is 5.20. The molecule has 1 aliphatic heterocycles. The fourth-order valence-corrected chi connectivity index (χ4v) is 3.75. The minimum atomic E-state index is -0.877. The molecule has 0 N–H and O–H groups in total. The third kappa shape index (κ3) is 4.28. The fourth-order valence-electron chi connectivity index (χ4n) is 3.75. The van der Waals surface area contributed by atoms with Crippen molar-refractivity contribution in [2.75, 3.05) is 6.61 Å². The molecule has 29 heavy (non-hydrogen) atoms. The molecule has 4 rings (SSSR count). The lowest BCUT2D eigenvalue weighted by Crippen LogP contribution is -2.29. The van der Waals surface area contributed by atoms with Crippen LogP contribution in [-0.2, 0) is 20.9 Å². The van der Waals surface area contributed by atoms with Gasteiger partial charge in [-0.15, -0.1) is 0 Å².